The lowest BCUT2D eigenvalue weighted by molar-refractivity contribution is 0.171. The fourth-order valence-electron chi connectivity index (χ4n) is 2.33. The van der Waals surface area contributed by atoms with E-state index >= 15 is 0 Å². The maximum Gasteiger partial charge on any atom is 0.166 e. The molecule has 3 N–H and O–H groups in total. The number of nitrogens with zero attached hydrogens (tertiary/aromatic N) is 4. The van der Waals surface area contributed by atoms with Crippen molar-refractivity contribution < 1.29 is 9.47 Å². The number of fused-ring (bicyclic) bond motifs is 1. The number of imidazole rings is 1. The second kappa shape index (κ2) is 5.48. The number of nitrogens with two attached hydrogens (primary N) is 1. The quantitative estimate of drug-likeness (QED) is 0.760. The van der Waals surface area contributed by atoms with E-state index in [1.807, 2.05) is 18.2 Å². The molecule has 4 rings (SSSR count). The lowest BCUT2D eigenvalue weighted by Crippen LogP contribution is -2.15. The predicted octanol–water partition coefficient (Wildman–Crippen LogP) is 1.76. The molecule has 0 saturated carbocycles. The van der Waals surface area contributed by atoms with Crippen molar-refractivity contribution in [2.45, 2.75) is 0 Å². The van der Waals surface area contributed by atoms with E-state index in [0.29, 0.717) is 36.3 Å². The number of benzene rings is 1. The Labute approximate surface area is 131 Å². The summed E-state index contributed by atoms with van der Waals surface area (Å²) in [7, 11) is 0. The van der Waals surface area contributed by atoms with E-state index in [9.17, 15) is 0 Å². The van der Waals surface area contributed by atoms with Crippen LogP contribution in [0.2, 0.25) is 0 Å². The molecule has 1 aliphatic heterocycles. The summed E-state index contributed by atoms with van der Waals surface area (Å²) in [6, 6.07) is 5.59. The van der Waals surface area contributed by atoms with E-state index in [1.54, 1.807) is 23.3 Å². The molecule has 1 aliphatic rings. The number of rotatable bonds is 3. The van der Waals surface area contributed by atoms with Gasteiger partial charge in [-0.05, 0) is 12.1 Å². The van der Waals surface area contributed by atoms with Crippen molar-refractivity contribution in [3.05, 3.63) is 43.2 Å². The average Bonchev–Trinajstić information content (AvgIpc) is 3.11. The Morgan fingerprint density at radius 2 is 2.00 bits per heavy atom. The van der Waals surface area contributed by atoms with Gasteiger partial charge in [-0.2, -0.15) is 0 Å². The monoisotopic (exact) mass is 310 g/mol. The van der Waals surface area contributed by atoms with Crippen molar-refractivity contribution in [1.82, 2.24) is 19.5 Å². The molecule has 3 aromatic rings. The summed E-state index contributed by atoms with van der Waals surface area (Å²) >= 11 is 0. The average molecular weight is 310 g/mol. The molecule has 8 nitrogen and oxygen atoms in total. The highest BCUT2D eigenvalue weighted by Gasteiger charge is 2.14. The first-order valence-electron chi connectivity index (χ1n) is 7.07. The topological polar surface area (TPSA) is 100 Å². The molecule has 0 radical (unpaired) electrons. The van der Waals surface area contributed by atoms with E-state index in [0.717, 1.165) is 11.4 Å². The molecule has 0 aliphatic carbocycles. The van der Waals surface area contributed by atoms with Crippen LogP contribution in [0.3, 0.4) is 0 Å². The summed E-state index contributed by atoms with van der Waals surface area (Å²) in [4.78, 5) is 12.4. The van der Waals surface area contributed by atoms with Crippen molar-refractivity contribution in [1.29, 1.82) is 0 Å². The van der Waals surface area contributed by atoms with Gasteiger partial charge in [-0.25, -0.2) is 15.0 Å². The second-order valence-corrected chi connectivity index (χ2v) is 4.91. The SMILES string of the molecule is Nc1c(Nc2ccc3c(c2)OCCO3)ncnc1-n1ccnc1. The molecule has 0 bridgehead atoms. The predicted molar refractivity (Wildman–Crippen MR) is 84.3 cm³/mol. The Morgan fingerprint density at radius 1 is 1.13 bits per heavy atom. The number of hydrogen-bond donors (Lipinski definition) is 2. The van der Waals surface area contributed by atoms with Crippen LogP contribution in [0.1, 0.15) is 0 Å². The lowest BCUT2D eigenvalue weighted by atomic mass is 10.2. The van der Waals surface area contributed by atoms with Gasteiger partial charge in [0.1, 0.15) is 31.6 Å². The van der Waals surface area contributed by atoms with E-state index < -0.39 is 0 Å². The fourth-order valence-corrected chi connectivity index (χ4v) is 2.33. The number of anilines is 3. The fraction of sp³-hybridized carbons (Fsp3) is 0.133. The highest BCUT2D eigenvalue weighted by atomic mass is 16.6. The second-order valence-electron chi connectivity index (χ2n) is 4.91. The van der Waals surface area contributed by atoms with Gasteiger partial charge in [0.05, 0.1) is 0 Å². The van der Waals surface area contributed by atoms with Gasteiger partial charge in [0.2, 0.25) is 0 Å². The maximum atomic E-state index is 6.17. The third-order valence-electron chi connectivity index (χ3n) is 3.42. The Bertz CT molecular complexity index is 834. The largest absolute Gasteiger partial charge is 0.486 e. The maximum absolute atomic E-state index is 6.17. The molecule has 0 spiro atoms. The Morgan fingerprint density at radius 3 is 2.83 bits per heavy atom. The number of nitrogens with one attached hydrogen (secondary N) is 1. The van der Waals surface area contributed by atoms with Gasteiger partial charge in [0.15, 0.2) is 23.1 Å². The van der Waals surface area contributed by atoms with Gasteiger partial charge in [0, 0.05) is 24.1 Å². The minimum Gasteiger partial charge on any atom is -0.486 e. The summed E-state index contributed by atoms with van der Waals surface area (Å²) in [6.07, 6.45) is 6.51. The van der Waals surface area contributed by atoms with Gasteiger partial charge < -0.3 is 20.5 Å². The normalized spacial score (nSPS) is 12.9. The Balaban J connectivity index is 1.66. The van der Waals surface area contributed by atoms with Crippen LogP contribution in [0.15, 0.2) is 43.2 Å². The number of ether oxygens (including phenoxy) is 2. The highest BCUT2D eigenvalue weighted by Crippen LogP contribution is 2.34. The third-order valence-corrected chi connectivity index (χ3v) is 3.42. The van der Waals surface area contributed by atoms with E-state index in [4.69, 9.17) is 15.2 Å². The smallest absolute Gasteiger partial charge is 0.166 e. The third kappa shape index (κ3) is 2.50. The molecule has 2 aromatic heterocycles. The summed E-state index contributed by atoms with van der Waals surface area (Å²) in [5.74, 6) is 2.51. The summed E-state index contributed by atoms with van der Waals surface area (Å²) < 4.78 is 12.8. The molecular weight excluding hydrogens is 296 g/mol. The van der Waals surface area contributed by atoms with Gasteiger partial charge in [-0.1, -0.05) is 0 Å². The van der Waals surface area contributed by atoms with Gasteiger partial charge in [-0.15, -0.1) is 0 Å². The first kappa shape index (κ1) is 13.4. The van der Waals surface area contributed by atoms with Crippen molar-refractivity contribution in [3.63, 3.8) is 0 Å². The molecule has 1 aromatic carbocycles. The van der Waals surface area contributed by atoms with Crippen LogP contribution in [0.5, 0.6) is 11.5 Å². The molecule has 8 heteroatoms. The van der Waals surface area contributed by atoms with Crippen LogP contribution >= 0.6 is 0 Å². The van der Waals surface area contributed by atoms with Crippen molar-refractivity contribution >= 4 is 17.2 Å². The summed E-state index contributed by atoms with van der Waals surface area (Å²) in [6.45, 7) is 1.10. The van der Waals surface area contributed by atoms with E-state index in [1.165, 1.54) is 6.33 Å². The minimum absolute atomic E-state index is 0.431. The van der Waals surface area contributed by atoms with Crippen molar-refractivity contribution in [3.8, 4) is 17.3 Å². The molecule has 0 atom stereocenters. The molecule has 116 valence electrons. The summed E-state index contributed by atoms with van der Waals surface area (Å²) in [5, 5.41) is 3.18. The number of nitrogen functional groups attached to an aromatic ring is 1. The van der Waals surface area contributed by atoms with Crippen LogP contribution in [0.25, 0.3) is 5.82 Å². The van der Waals surface area contributed by atoms with Crippen molar-refractivity contribution in [2.24, 2.45) is 0 Å². The number of hydrogen-bond acceptors (Lipinski definition) is 7. The molecule has 3 heterocycles. The molecule has 0 amide bonds. The zero-order valence-electron chi connectivity index (χ0n) is 12.1. The minimum atomic E-state index is 0.431. The van der Waals surface area contributed by atoms with Crippen LogP contribution in [-0.4, -0.2) is 32.7 Å². The van der Waals surface area contributed by atoms with E-state index in [-0.39, 0.29) is 0 Å². The van der Waals surface area contributed by atoms with Crippen molar-refractivity contribution in [2.75, 3.05) is 24.3 Å². The van der Waals surface area contributed by atoms with Crippen LogP contribution in [0.4, 0.5) is 17.2 Å². The Hall–Kier alpha value is -3.29. The Kier molecular flexibility index (Phi) is 3.19. The standard InChI is InChI=1S/C15H14N6O2/c16-13-14(18-8-19-15(13)21-4-3-17-9-21)20-10-1-2-11-12(7-10)23-6-5-22-11/h1-4,7-9H,5-6,16H2,(H,18,19,20). The first-order valence-corrected chi connectivity index (χ1v) is 7.07. The van der Waals surface area contributed by atoms with Gasteiger partial charge in [0.25, 0.3) is 0 Å². The first-order chi connectivity index (χ1) is 11.3. The van der Waals surface area contributed by atoms with E-state index in [2.05, 4.69) is 20.3 Å². The lowest BCUT2D eigenvalue weighted by Gasteiger charge is -2.19. The highest BCUT2D eigenvalue weighted by molar-refractivity contribution is 5.74. The van der Waals surface area contributed by atoms with Gasteiger partial charge in [-0.3, -0.25) is 4.57 Å². The molecule has 0 fully saturated rings. The van der Waals surface area contributed by atoms with Crippen LogP contribution in [0, 0.1) is 0 Å². The molecule has 0 unspecified atom stereocenters. The molecular formula is C15H14N6O2. The zero-order chi connectivity index (χ0) is 15.6. The van der Waals surface area contributed by atoms with Crippen LogP contribution < -0.4 is 20.5 Å². The number of aromatic nitrogens is 4. The van der Waals surface area contributed by atoms with Gasteiger partial charge >= 0.3 is 0 Å². The molecule has 23 heavy (non-hydrogen) atoms. The summed E-state index contributed by atoms with van der Waals surface area (Å²) in [5.41, 5.74) is 7.40. The zero-order valence-corrected chi connectivity index (χ0v) is 12.1. The molecule has 0 saturated heterocycles. The van der Waals surface area contributed by atoms with Crippen LogP contribution in [-0.2, 0) is 0 Å².